The number of thioether (sulfide) groups is 1. The maximum atomic E-state index is 12.9. The summed E-state index contributed by atoms with van der Waals surface area (Å²) < 4.78 is 6.78. The van der Waals surface area contributed by atoms with E-state index < -0.39 is 0 Å². The van der Waals surface area contributed by atoms with Crippen LogP contribution in [0.5, 0.6) is 5.75 Å². The third-order valence-corrected chi connectivity index (χ3v) is 6.38. The number of carbonyl (C=O) groups excluding carboxylic acids is 3. The summed E-state index contributed by atoms with van der Waals surface area (Å²) in [7, 11) is 0. The first-order chi connectivity index (χ1) is 16.0. The van der Waals surface area contributed by atoms with Crippen molar-refractivity contribution in [1.82, 2.24) is 4.90 Å². The number of para-hydroxylation sites is 2. The van der Waals surface area contributed by atoms with Crippen LogP contribution >= 0.6 is 34.4 Å². The monoisotopic (exact) mass is 570 g/mol. The quantitative estimate of drug-likeness (QED) is 0.298. The standard InChI is InChI=1S/C25H19IN2O4S/c26-19-12-10-17(11-13-19)15-28-24(30)22(33-25(28)31)14-18-6-4-5-9-21(18)32-16-23(29)27-20-7-2-1-3-8-20/h1-14H,15-16H2,(H,27,29)/b22-14+. The number of halogens is 1. The zero-order valence-corrected chi connectivity index (χ0v) is 20.3. The number of nitrogens with zero attached hydrogens (tertiary/aromatic N) is 1. The number of amides is 3. The predicted molar refractivity (Wildman–Crippen MR) is 138 cm³/mol. The third-order valence-electron chi connectivity index (χ3n) is 4.75. The molecule has 3 aromatic rings. The van der Waals surface area contributed by atoms with Crippen molar-refractivity contribution in [1.29, 1.82) is 0 Å². The molecular formula is C25H19IN2O4S. The number of benzene rings is 3. The molecule has 3 amide bonds. The van der Waals surface area contributed by atoms with Crippen molar-refractivity contribution < 1.29 is 19.1 Å². The molecule has 6 nitrogen and oxygen atoms in total. The van der Waals surface area contributed by atoms with Crippen molar-refractivity contribution in [2.24, 2.45) is 0 Å². The van der Waals surface area contributed by atoms with E-state index in [1.807, 2.05) is 42.5 Å². The van der Waals surface area contributed by atoms with Gasteiger partial charge in [0.1, 0.15) is 5.75 Å². The Labute approximate surface area is 209 Å². The van der Waals surface area contributed by atoms with E-state index in [1.54, 1.807) is 42.5 Å². The highest BCUT2D eigenvalue weighted by molar-refractivity contribution is 14.1. The molecule has 1 heterocycles. The number of anilines is 1. The Kier molecular flexibility index (Phi) is 7.46. The molecule has 1 N–H and O–H groups in total. The van der Waals surface area contributed by atoms with Gasteiger partial charge in [-0.2, -0.15) is 0 Å². The first kappa shape index (κ1) is 23.1. The molecule has 0 radical (unpaired) electrons. The lowest BCUT2D eigenvalue weighted by Crippen LogP contribution is -2.27. The molecule has 3 aromatic carbocycles. The number of rotatable bonds is 7. The summed E-state index contributed by atoms with van der Waals surface area (Å²) in [5, 5.41) is 2.45. The van der Waals surface area contributed by atoms with Crippen molar-refractivity contribution in [3.8, 4) is 5.75 Å². The van der Waals surface area contributed by atoms with Gasteiger partial charge in [-0.15, -0.1) is 0 Å². The van der Waals surface area contributed by atoms with E-state index in [4.69, 9.17) is 4.74 Å². The van der Waals surface area contributed by atoms with Crippen LogP contribution in [0, 0.1) is 3.57 Å². The van der Waals surface area contributed by atoms with Crippen LogP contribution in [-0.4, -0.2) is 28.6 Å². The van der Waals surface area contributed by atoms with Crippen LogP contribution in [0.4, 0.5) is 10.5 Å². The van der Waals surface area contributed by atoms with Gasteiger partial charge in [0.2, 0.25) is 0 Å². The Hall–Kier alpha value is -3.11. The van der Waals surface area contributed by atoms with Crippen LogP contribution in [-0.2, 0) is 16.1 Å². The molecule has 1 aliphatic rings. The normalized spacial score (nSPS) is 14.6. The molecule has 4 rings (SSSR count). The summed E-state index contributed by atoms with van der Waals surface area (Å²) in [6.07, 6.45) is 1.63. The molecule has 33 heavy (non-hydrogen) atoms. The van der Waals surface area contributed by atoms with Crippen molar-refractivity contribution in [3.05, 3.63) is 98.5 Å². The van der Waals surface area contributed by atoms with Gasteiger partial charge in [-0.25, -0.2) is 0 Å². The summed E-state index contributed by atoms with van der Waals surface area (Å²) in [4.78, 5) is 39.1. The van der Waals surface area contributed by atoms with E-state index >= 15 is 0 Å². The number of hydrogen-bond acceptors (Lipinski definition) is 5. The van der Waals surface area contributed by atoms with Crippen molar-refractivity contribution >= 4 is 63.2 Å². The van der Waals surface area contributed by atoms with Gasteiger partial charge in [-0.3, -0.25) is 19.3 Å². The van der Waals surface area contributed by atoms with Gasteiger partial charge >= 0.3 is 0 Å². The first-order valence-electron chi connectivity index (χ1n) is 10.1. The molecule has 1 aliphatic heterocycles. The largest absolute Gasteiger partial charge is 0.483 e. The topological polar surface area (TPSA) is 75.7 Å². The Morgan fingerprint density at radius 2 is 1.67 bits per heavy atom. The maximum Gasteiger partial charge on any atom is 0.293 e. The van der Waals surface area contributed by atoms with Crippen LogP contribution in [0.25, 0.3) is 6.08 Å². The summed E-state index contributed by atoms with van der Waals surface area (Å²) in [6, 6.07) is 23.9. The zero-order valence-electron chi connectivity index (χ0n) is 17.4. The second-order valence-corrected chi connectivity index (χ2v) is 9.37. The highest BCUT2D eigenvalue weighted by Crippen LogP contribution is 2.35. The molecular weight excluding hydrogens is 551 g/mol. The molecule has 1 fully saturated rings. The smallest absolute Gasteiger partial charge is 0.293 e. The molecule has 0 unspecified atom stereocenters. The molecule has 0 spiro atoms. The minimum atomic E-state index is -0.347. The highest BCUT2D eigenvalue weighted by Gasteiger charge is 2.35. The molecule has 0 aromatic heterocycles. The lowest BCUT2D eigenvalue weighted by atomic mass is 10.1. The lowest BCUT2D eigenvalue weighted by molar-refractivity contribution is -0.123. The van der Waals surface area contributed by atoms with Gasteiger partial charge in [-0.05, 0) is 76.3 Å². The fraction of sp³-hybridized carbons (Fsp3) is 0.0800. The van der Waals surface area contributed by atoms with E-state index in [9.17, 15) is 14.4 Å². The third kappa shape index (κ3) is 6.02. The summed E-state index contributed by atoms with van der Waals surface area (Å²) in [5.41, 5.74) is 2.18. The number of carbonyl (C=O) groups is 3. The van der Waals surface area contributed by atoms with Crippen LogP contribution in [0.2, 0.25) is 0 Å². The fourth-order valence-corrected chi connectivity index (χ4v) is 4.33. The molecule has 0 saturated carbocycles. The lowest BCUT2D eigenvalue weighted by Gasteiger charge is -2.12. The van der Waals surface area contributed by atoms with E-state index in [0.29, 0.717) is 21.9 Å². The van der Waals surface area contributed by atoms with Gasteiger partial charge < -0.3 is 10.1 Å². The molecule has 1 saturated heterocycles. The Bertz CT molecular complexity index is 1210. The van der Waals surface area contributed by atoms with Gasteiger partial charge in [-0.1, -0.05) is 48.5 Å². The molecule has 0 aliphatic carbocycles. The Balaban J connectivity index is 1.44. The van der Waals surface area contributed by atoms with E-state index in [0.717, 1.165) is 20.9 Å². The van der Waals surface area contributed by atoms with Gasteiger partial charge in [0.25, 0.3) is 17.1 Å². The van der Waals surface area contributed by atoms with Gasteiger partial charge in [0, 0.05) is 14.8 Å². The summed E-state index contributed by atoms with van der Waals surface area (Å²) in [5.74, 6) is -0.195. The minimum Gasteiger partial charge on any atom is -0.483 e. The van der Waals surface area contributed by atoms with E-state index in [-0.39, 0.29) is 30.2 Å². The second kappa shape index (κ2) is 10.7. The zero-order chi connectivity index (χ0) is 23.2. The van der Waals surface area contributed by atoms with Crippen molar-refractivity contribution in [2.75, 3.05) is 11.9 Å². The number of hydrogen-bond donors (Lipinski definition) is 1. The molecule has 8 heteroatoms. The van der Waals surface area contributed by atoms with Crippen LogP contribution in [0.1, 0.15) is 11.1 Å². The average Bonchev–Trinajstić information content (AvgIpc) is 3.08. The first-order valence-corrected chi connectivity index (χ1v) is 12.0. The van der Waals surface area contributed by atoms with Crippen LogP contribution in [0.15, 0.2) is 83.8 Å². The molecule has 0 bridgehead atoms. The Morgan fingerprint density at radius 3 is 2.42 bits per heavy atom. The fourth-order valence-electron chi connectivity index (χ4n) is 3.14. The van der Waals surface area contributed by atoms with Gasteiger partial charge in [0.15, 0.2) is 6.61 Å². The molecule has 0 atom stereocenters. The second-order valence-electron chi connectivity index (χ2n) is 7.14. The van der Waals surface area contributed by atoms with Gasteiger partial charge in [0.05, 0.1) is 11.4 Å². The highest BCUT2D eigenvalue weighted by atomic mass is 127. The number of nitrogens with one attached hydrogen (secondary N) is 1. The number of ether oxygens (including phenoxy) is 1. The van der Waals surface area contributed by atoms with E-state index in [2.05, 4.69) is 27.9 Å². The van der Waals surface area contributed by atoms with Crippen molar-refractivity contribution in [3.63, 3.8) is 0 Å². The SMILES string of the molecule is O=C(COc1ccccc1/C=C1/SC(=O)N(Cc2ccc(I)cc2)C1=O)Nc1ccccc1. The van der Waals surface area contributed by atoms with Crippen molar-refractivity contribution in [2.45, 2.75) is 6.54 Å². The van der Waals surface area contributed by atoms with Crippen LogP contribution in [0.3, 0.4) is 0 Å². The summed E-state index contributed by atoms with van der Waals surface area (Å²) in [6.45, 7) is 0.0325. The van der Waals surface area contributed by atoms with E-state index in [1.165, 1.54) is 4.90 Å². The molecule has 166 valence electrons. The Morgan fingerprint density at radius 1 is 0.970 bits per heavy atom. The predicted octanol–water partition coefficient (Wildman–Crippen LogP) is 5.55. The number of imide groups is 1. The summed E-state index contributed by atoms with van der Waals surface area (Å²) >= 11 is 3.10. The minimum absolute atomic E-state index is 0.186. The average molecular weight is 570 g/mol. The maximum absolute atomic E-state index is 12.9. The van der Waals surface area contributed by atoms with Crippen LogP contribution < -0.4 is 10.1 Å².